The van der Waals surface area contributed by atoms with Crippen LogP contribution in [-0.2, 0) is 0 Å². The fraction of sp³-hybridized carbons (Fsp3) is 0.533. The number of likely N-dealkylation sites (tertiary alicyclic amines) is 1. The molecule has 20 heavy (non-hydrogen) atoms. The van der Waals surface area contributed by atoms with E-state index in [1.54, 1.807) is 0 Å². The SMILES string of the molecule is Nc1ccc(N2CCN(CCN3CCCC3)C2=O)cc1. The van der Waals surface area contributed by atoms with Crippen molar-refractivity contribution in [3.8, 4) is 0 Å². The summed E-state index contributed by atoms with van der Waals surface area (Å²) in [7, 11) is 0. The van der Waals surface area contributed by atoms with Gasteiger partial charge in [-0.2, -0.15) is 0 Å². The Labute approximate surface area is 119 Å². The van der Waals surface area contributed by atoms with E-state index in [0.29, 0.717) is 0 Å². The Bertz CT molecular complexity index is 467. The van der Waals surface area contributed by atoms with Crippen molar-refractivity contribution in [1.29, 1.82) is 0 Å². The molecule has 0 bridgehead atoms. The third kappa shape index (κ3) is 2.72. The number of nitrogens with two attached hydrogens (primary N) is 1. The van der Waals surface area contributed by atoms with Crippen LogP contribution in [0.1, 0.15) is 12.8 Å². The van der Waals surface area contributed by atoms with Crippen LogP contribution < -0.4 is 10.6 Å². The van der Waals surface area contributed by atoms with E-state index < -0.39 is 0 Å². The number of rotatable bonds is 4. The second-order valence-corrected chi connectivity index (χ2v) is 5.56. The molecule has 0 spiro atoms. The molecule has 2 aliphatic rings. The van der Waals surface area contributed by atoms with Crippen molar-refractivity contribution in [3.05, 3.63) is 24.3 Å². The summed E-state index contributed by atoms with van der Waals surface area (Å²) in [5.41, 5.74) is 7.35. The first-order chi connectivity index (χ1) is 9.74. The predicted octanol–water partition coefficient (Wildman–Crippen LogP) is 1.61. The second-order valence-electron chi connectivity index (χ2n) is 5.56. The van der Waals surface area contributed by atoms with Gasteiger partial charge >= 0.3 is 6.03 Å². The third-order valence-electron chi connectivity index (χ3n) is 4.18. The maximum atomic E-state index is 12.4. The lowest BCUT2D eigenvalue weighted by Crippen LogP contribution is -2.37. The van der Waals surface area contributed by atoms with Crippen molar-refractivity contribution in [1.82, 2.24) is 9.80 Å². The average Bonchev–Trinajstić information content (AvgIpc) is 3.08. The van der Waals surface area contributed by atoms with Gasteiger partial charge in [-0.1, -0.05) is 0 Å². The maximum absolute atomic E-state index is 12.4. The first-order valence-corrected chi connectivity index (χ1v) is 7.38. The van der Waals surface area contributed by atoms with E-state index in [1.807, 2.05) is 34.1 Å². The lowest BCUT2D eigenvalue weighted by Gasteiger charge is -2.21. The number of hydrogen-bond donors (Lipinski definition) is 1. The molecule has 0 aromatic heterocycles. The summed E-state index contributed by atoms with van der Waals surface area (Å²) in [6.07, 6.45) is 2.59. The Morgan fingerprint density at radius 2 is 1.65 bits per heavy atom. The standard InChI is InChI=1S/C15H22N4O/c16-13-3-5-14(6-4-13)19-12-11-18(15(19)20)10-9-17-7-1-2-8-17/h3-6H,1-2,7-12,16H2. The lowest BCUT2D eigenvalue weighted by molar-refractivity contribution is 0.211. The normalized spacial score (nSPS) is 20.1. The van der Waals surface area contributed by atoms with Gasteiger partial charge in [-0.05, 0) is 50.2 Å². The molecular formula is C15H22N4O. The monoisotopic (exact) mass is 274 g/mol. The van der Waals surface area contributed by atoms with Crippen molar-refractivity contribution < 1.29 is 4.79 Å². The van der Waals surface area contributed by atoms with Crippen molar-refractivity contribution >= 4 is 17.4 Å². The van der Waals surface area contributed by atoms with Crippen molar-refractivity contribution in [2.45, 2.75) is 12.8 Å². The van der Waals surface area contributed by atoms with Gasteiger partial charge in [0.1, 0.15) is 0 Å². The van der Waals surface area contributed by atoms with Gasteiger partial charge in [0.05, 0.1) is 0 Å². The van der Waals surface area contributed by atoms with Crippen LogP contribution in [0.3, 0.4) is 0 Å². The number of carbonyl (C=O) groups excluding carboxylic acids is 1. The molecule has 0 radical (unpaired) electrons. The van der Waals surface area contributed by atoms with Crippen LogP contribution in [0.2, 0.25) is 0 Å². The van der Waals surface area contributed by atoms with E-state index in [1.165, 1.54) is 25.9 Å². The molecule has 2 amide bonds. The van der Waals surface area contributed by atoms with Gasteiger partial charge in [-0.25, -0.2) is 4.79 Å². The molecule has 1 aromatic rings. The highest BCUT2D eigenvalue weighted by atomic mass is 16.2. The summed E-state index contributed by atoms with van der Waals surface area (Å²) in [6, 6.07) is 7.63. The second kappa shape index (κ2) is 5.71. The highest BCUT2D eigenvalue weighted by Crippen LogP contribution is 2.21. The van der Waals surface area contributed by atoms with Crippen LogP contribution in [0.25, 0.3) is 0 Å². The number of carbonyl (C=O) groups is 1. The molecule has 0 aliphatic carbocycles. The molecule has 2 heterocycles. The van der Waals surface area contributed by atoms with Gasteiger partial charge in [0, 0.05) is 37.6 Å². The van der Waals surface area contributed by atoms with Gasteiger partial charge in [0.25, 0.3) is 0 Å². The molecule has 2 aliphatic heterocycles. The number of amides is 2. The quantitative estimate of drug-likeness (QED) is 0.849. The van der Waals surface area contributed by atoms with E-state index in [0.717, 1.165) is 37.6 Å². The van der Waals surface area contributed by atoms with Gasteiger partial charge in [0.2, 0.25) is 0 Å². The molecule has 2 fully saturated rings. The predicted molar refractivity (Wildman–Crippen MR) is 80.8 cm³/mol. The Kier molecular flexibility index (Phi) is 3.78. The van der Waals surface area contributed by atoms with E-state index in [-0.39, 0.29) is 6.03 Å². The zero-order valence-corrected chi connectivity index (χ0v) is 11.8. The van der Waals surface area contributed by atoms with E-state index in [4.69, 9.17) is 5.73 Å². The number of benzene rings is 1. The maximum Gasteiger partial charge on any atom is 0.324 e. The number of nitrogens with zero attached hydrogens (tertiary/aromatic N) is 3. The number of urea groups is 1. The van der Waals surface area contributed by atoms with Crippen LogP contribution in [0.15, 0.2) is 24.3 Å². The van der Waals surface area contributed by atoms with Gasteiger partial charge < -0.3 is 15.5 Å². The van der Waals surface area contributed by atoms with Gasteiger partial charge in [-0.3, -0.25) is 4.90 Å². The Balaban J connectivity index is 1.57. The zero-order chi connectivity index (χ0) is 13.9. The summed E-state index contributed by atoms with van der Waals surface area (Å²) in [6.45, 7) is 5.79. The fourth-order valence-corrected chi connectivity index (χ4v) is 2.95. The molecule has 5 nitrogen and oxygen atoms in total. The molecule has 0 atom stereocenters. The minimum atomic E-state index is 0.119. The Morgan fingerprint density at radius 1 is 0.950 bits per heavy atom. The largest absolute Gasteiger partial charge is 0.399 e. The Morgan fingerprint density at radius 3 is 2.35 bits per heavy atom. The lowest BCUT2D eigenvalue weighted by atomic mass is 10.2. The molecule has 2 saturated heterocycles. The number of anilines is 2. The van der Waals surface area contributed by atoms with E-state index in [9.17, 15) is 4.79 Å². The molecule has 1 aromatic carbocycles. The van der Waals surface area contributed by atoms with E-state index >= 15 is 0 Å². The van der Waals surface area contributed by atoms with Crippen LogP contribution in [-0.4, -0.2) is 55.1 Å². The van der Waals surface area contributed by atoms with Gasteiger partial charge in [0.15, 0.2) is 0 Å². The first kappa shape index (κ1) is 13.2. The van der Waals surface area contributed by atoms with Gasteiger partial charge in [-0.15, -0.1) is 0 Å². The van der Waals surface area contributed by atoms with Crippen molar-refractivity contribution in [2.75, 3.05) is 49.9 Å². The molecule has 3 rings (SSSR count). The zero-order valence-electron chi connectivity index (χ0n) is 11.8. The molecular weight excluding hydrogens is 252 g/mol. The number of nitrogen functional groups attached to an aromatic ring is 1. The van der Waals surface area contributed by atoms with Crippen LogP contribution in [0.5, 0.6) is 0 Å². The Hall–Kier alpha value is -1.75. The minimum absolute atomic E-state index is 0.119. The molecule has 2 N–H and O–H groups in total. The van der Waals surface area contributed by atoms with Crippen LogP contribution in [0, 0.1) is 0 Å². The summed E-state index contributed by atoms with van der Waals surface area (Å²) >= 11 is 0. The van der Waals surface area contributed by atoms with Crippen LogP contribution >= 0.6 is 0 Å². The molecule has 0 saturated carbocycles. The average molecular weight is 274 g/mol. The summed E-state index contributed by atoms with van der Waals surface area (Å²) in [5, 5.41) is 0. The first-order valence-electron chi connectivity index (χ1n) is 7.38. The number of hydrogen-bond acceptors (Lipinski definition) is 3. The highest BCUT2D eigenvalue weighted by molar-refractivity contribution is 5.94. The van der Waals surface area contributed by atoms with Crippen molar-refractivity contribution in [3.63, 3.8) is 0 Å². The molecule has 5 heteroatoms. The smallest absolute Gasteiger partial charge is 0.324 e. The molecule has 0 unspecified atom stereocenters. The molecule has 108 valence electrons. The topological polar surface area (TPSA) is 52.8 Å². The third-order valence-corrected chi connectivity index (χ3v) is 4.18. The summed E-state index contributed by atoms with van der Waals surface area (Å²) in [4.78, 5) is 18.6. The van der Waals surface area contributed by atoms with Crippen LogP contribution in [0.4, 0.5) is 16.2 Å². The minimum Gasteiger partial charge on any atom is -0.399 e. The van der Waals surface area contributed by atoms with Crippen molar-refractivity contribution in [2.24, 2.45) is 0 Å². The fourth-order valence-electron chi connectivity index (χ4n) is 2.95. The summed E-state index contributed by atoms with van der Waals surface area (Å²) in [5.74, 6) is 0. The van der Waals surface area contributed by atoms with E-state index in [2.05, 4.69) is 4.90 Å². The highest BCUT2D eigenvalue weighted by Gasteiger charge is 2.29. The summed E-state index contributed by atoms with van der Waals surface area (Å²) < 4.78 is 0.